The molecule has 0 aliphatic heterocycles. The Hall–Kier alpha value is -6.81. The molecule has 6 aromatic rings. The second-order valence-electron chi connectivity index (χ2n) is 15.9. The van der Waals surface area contributed by atoms with E-state index in [-0.39, 0.29) is 5.78 Å². The minimum absolute atomic E-state index is 0.325. The van der Waals surface area contributed by atoms with Gasteiger partial charge in [-0.15, -0.1) is 0 Å². The van der Waals surface area contributed by atoms with Gasteiger partial charge in [0.15, 0.2) is 12.7 Å². The van der Waals surface area contributed by atoms with Gasteiger partial charge in [-0.3, -0.25) is 9.78 Å². The number of aliphatic hydroxyl groups is 1. The van der Waals surface area contributed by atoms with Crippen molar-refractivity contribution >= 4 is 33.8 Å². The molecule has 0 fully saturated rings. The zero-order valence-corrected chi connectivity index (χ0v) is 35.9. The van der Waals surface area contributed by atoms with Gasteiger partial charge in [-0.05, 0) is 24.3 Å². The molecule has 0 saturated carbocycles. The minimum Gasteiger partial charge on any atom is -0.388 e. The topological polar surface area (TPSA) is 54.1 Å². The van der Waals surface area contributed by atoms with Crippen LogP contribution in [0.5, 0.6) is 0 Å². The molecule has 1 N–H and O–H groups in total. The normalized spacial score (nSPS) is 13.4. The summed E-state index contributed by atoms with van der Waals surface area (Å²) in [4.78, 5) is 15.4. The van der Waals surface area contributed by atoms with Crippen molar-refractivity contribution in [1.29, 1.82) is 0 Å². The summed E-state index contributed by atoms with van der Waals surface area (Å²) in [5.74, 6) is -0.325. The second kappa shape index (κ2) is 20.1. The molecule has 0 saturated heterocycles. The number of carbonyl (C=O) groups excluding carboxylic acids is 1. The third-order valence-electron chi connectivity index (χ3n) is 10.9. The number of ketones is 1. The molecule has 0 unspecified atom stereocenters. The van der Waals surface area contributed by atoms with E-state index in [0.717, 1.165) is 5.56 Å². The lowest BCUT2D eigenvalue weighted by molar-refractivity contribution is -0.690. The monoisotopic (exact) mass is 1090 g/mol. The lowest BCUT2D eigenvalue weighted by atomic mass is 9.12. The molecule has 5 aromatic carbocycles. The van der Waals surface area contributed by atoms with Crippen LogP contribution < -0.4 is 26.4 Å². The number of nitrogens with zero attached hydrogens (tertiary/aromatic N) is 2. The second-order valence-corrected chi connectivity index (χ2v) is 15.9. The number of alkyl halides is 24. The molecule has 0 radical (unpaired) electrons. The molecule has 6 rings (SSSR count). The van der Waals surface area contributed by atoms with Gasteiger partial charge in [0.05, 0.1) is 50.7 Å². The van der Waals surface area contributed by atoms with E-state index in [4.69, 9.17) is 5.11 Å². The van der Waals surface area contributed by atoms with E-state index in [0.29, 0.717) is 12.2 Å². The van der Waals surface area contributed by atoms with Gasteiger partial charge < -0.3 is 5.11 Å². The Labute approximate surface area is 398 Å². The summed E-state index contributed by atoms with van der Waals surface area (Å²) in [6.07, 6.45) is -50.0. The highest BCUT2D eigenvalue weighted by Gasteiger charge is 2.47. The van der Waals surface area contributed by atoms with Gasteiger partial charge in [0, 0.05) is 5.56 Å². The van der Waals surface area contributed by atoms with E-state index in [9.17, 15) is 110 Å². The third kappa shape index (κ3) is 13.3. The summed E-state index contributed by atoms with van der Waals surface area (Å²) < 4.78 is 343. The smallest absolute Gasteiger partial charge is 0.388 e. The highest BCUT2D eigenvalue weighted by Crippen LogP contribution is 2.41. The van der Waals surface area contributed by atoms with Crippen LogP contribution in [0.3, 0.4) is 0 Å². The molecule has 0 atom stereocenters. The molecule has 0 aliphatic rings. The maximum Gasteiger partial charge on any atom is 0.416 e. The standard InChI is InChI=1S/C32H12BF24.C13H13N2O2/c34-25(35,36)13-1-14(26(37,38)39)6-21(5-13)33(22-7-15(27(40,41)42)2-16(8-22)28(43,44)45,23-9-17(29(46,47)48)3-18(10-23)30(49,50)51)24-11-19(31(52,53)54)4-20(12-24)32(55,56)57;16-10-13(17)12-8-14-6-7-15(12)9-11-4-2-1-3-5-11/h1-12H;1-8,16H,9-10H2/q-1;+1. The Bertz CT molecular complexity index is 2550. The summed E-state index contributed by atoms with van der Waals surface area (Å²) in [6, 6.07) is 1.01. The molecule has 0 amide bonds. The van der Waals surface area contributed by atoms with Gasteiger partial charge in [0.2, 0.25) is 0 Å². The average molecular weight is 1090 g/mol. The number of rotatable bonds is 8. The summed E-state index contributed by atoms with van der Waals surface area (Å²) in [5.41, 5.74) is -28.7. The predicted octanol–water partition coefficient (Wildman–Crippen LogP) is 11.8. The molecule has 74 heavy (non-hydrogen) atoms. The first-order chi connectivity index (χ1) is 33.6. The van der Waals surface area contributed by atoms with Gasteiger partial charge in [-0.1, -0.05) is 78.9 Å². The molecule has 0 aliphatic carbocycles. The van der Waals surface area contributed by atoms with Crippen LogP contribution >= 0.6 is 0 Å². The van der Waals surface area contributed by atoms with Crippen molar-refractivity contribution in [1.82, 2.24) is 4.98 Å². The van der Waals surface area contributed by atoms with Crippen LogP contribution in [0.1, 0.15) is 60.6 Å². The number of aromatic nitrogens is 2. The molecule has 0 spiro atoms. The molecule has 4 nitrogen and oxygen atoms in total. The summed E-state index contributed by atoms with van der Waals surface area (Å²) in [6.45, 7) is 0.0882. The largest absolute Gasteiger partial charge is 0.416 e. The average Bonchev–Trinajstić information content (AvgIpc) is 3.27. The van der Waals surface area contributed by atoms with Crippen molar-refractivity contribution in [2.24, 2.45) is 0 Å². The van der Waals surface area contributed by atoms with Gasteiger partial charge in [-0.2, -0.15) is 132 Å². The zero-order chi connectivity index (χ0) is 56.0. The van der Waals surface area contributed by atoms with Crippen LogP contribution in [0.25, 0.3) is 0 Å². The van der Waals surface area contributed by atoms with Crippen LogP contribution in [0.2, 0.25) is 0 Å². The minimum atomic E-state index is -6.13. The summed E-state index contributed by atoms with van der Waals surface area (Å²) in [5, 5.41) is 8.89. The van der Waals surface area contributed by atoms with Crippen LogP contribution in [-0.2, 0) is 56.0 Å². The van der Waals surface area contributed by atoms with Gasteiger partial charge in [0.25, 0.3) is 11.5 Å². The van der Waals surface area contributed by atoms with Crippen molar-refractivity contribution in [2.45, 2.75) is 56.0 Å². The van der Waals surface area contributed by atoms with Gasteiger partial charge in [-0.25, -0.2) is 0 Å². The number of carbonyl (C=O) groups is 1. The third-order valence-corrected chi connectivity index (χ3v) is 10.9. The van der Waals surface area contributed by atoms with Crippen molar-refractivity contribution in [3.8, 4) is 0 Å². The van der Waals surface area contributed by atoms with Crippen molar-refractivity contribution < 1.29 is 120 Å². The molecule has 398 valence electrons. The molecule has 0 bridgehead atoms. The number of hydrogen-bond donors (Lipinski definition) is 1. The fraction of sp³-hybridized carbons (Fsp3) is 0.222. The van der Waals surface area contributed by atoms with E-state index < -0.39 is 201 Å². The molecule has 1 heterocycles. The Morgan fingerprint density at radius 2 is 0.676 bits per heavy atom. The van der Waals surface area contributed by atoms with Gasteiger partial charge in [0.1, 0.15) is 18.9 Å². The lowest BCUT2D eigenvalue weighted by Gasteiger charge is -2.46. The van der Waals surface area contributed by atoms with E-state index in [1.165, 1.54) is 6.20 Å². The Morgan fingerprint density at radius 3 is 0.905 bits per heavy atom. The zero-order valence-electron chi connectivity index (χ0n) is 35.9. The van der Waals surface area contributed by atoms with Crippen LogP contribution in [-0.4, -0.2) is 28.6 Å². The van der Waals surface area contributed by atoms with Crippen molar-refractivity contribution in [2.75, 3.05) is 6.61 Å². The maximum atomic E-state index is 14.2. The van der Waals surface area contributed by atoms with Crippen molar-refractivity contribution in [3.05, 3.63) is 177 Å². The van der Waals surface area contributed by atoms with Crippen LogP contribution in [0.4, 0.5) is 105 Å². The Kier molecular flexibility index (Phi) is 15.8. The van der Waals surface area contributed by atoms with Crippen LogP contribution in [0, 0.1) is 0 Å². The van der Waals surface area contributed by atoms with E-state index in [2.05, 4.69) is 4.98 Å². The van der Waals surface area contributed by atoms with E-state index in [1.54, 1.807) is 17.0 Å². The number of aliphatic hydroxyl groups excluding tert-OH is 1. The fourth-order valence-corrected chi connectivity index (χ4v) is 7.69. The lowest BCUT2D eigenvalue weighted by Crippen LogP contribution is -2.75. The highest BCUT2D eigenvalue weighted by atomic mass is 19.4. The molecular formula is C45H25BF24N2O2. The van der Waals surface area contributed by atoms with Crippen LogP contribution in [0.15, 0.2) is 122 Å². The van der Waals surface area contributed by atoms with E-state index >= 15 is 0 Å². The van der Waals surface area contributed by atoms with Gasteiger partial charge >= 0.3 is 49.4 Å². The first kappa shape index (κ1) is 58.1. The maximum absolute atomic E-state index is 14.2. The first-order valence-electron chi connectivity index (χ1n) is 19.9. The highest BCUT2D eigenvalue weighted by molar-refractivity contribution is 7.20. The number of benzene rings is 5. The molecule has 1 aromatic heterocycles. The summed E-state index contributed by atoms with van der Waals surface area (Å²) >= 11 is 0. The number of hydrogen-bond acceptors (Lipinski definition) is 3. The fourth-order valence-electron chi connectivity index (χ4n) is 7.69. The quantitative estimate of drug-likeness (QED) is 0.0715. The predicted molar refractivity (Wildman–Crippen MR) is 211 cm³/mol. The SMILES string of the molecule is FC(F)(F)c1cc([B-](c2cc(C(F)(F)F)cc(C(F)(F)F)c2)(c2cc(C(F)(F)F)cc(C(F)(F)F)c2)c2cc(C(F)(F)F)cc(C(F)(F)F)c2)cc(C(F)(F)F)c1.O=C(CO)c1cncc[n+]1Cc1ccccc1. The number of halogens is 24. The first-order valence-corrected chi connectivity index (χ1v) is 19.9. The van der Waals surface area contributed by atoms with Crippen molar-refractivity contribution in [3.63, 3.8) is 0 Å². The molecule has 29 heteroatoms. The molecular weight excluding hydrogens is 1070 g/mol. The Morgan fingerprint density at radius 1 is 0.419 bits per heavy atom. The van der Waals surface area contributed by atoms with E-state index in [1.807, 2.05) is 30.3 Å². The Balaban J connectivity index is 0.000000500. The summed E-state index contributed by atoms with van der Waals surface area (Å²) in [7, 11) is 0. The number of Topliss-reactive ketones (excluding diaryl/α,β-unsaturated/α-hetero) is 1.